The minimum atomic E-state index is -0.584. The van der Waals surface area contributed by atoms with Gasteiger partial charge in [0.2, 0.25) is 0 Å². The monoisotopic (exact) mass is 303 g/mol. The topological polar surface area (TPSA) is 38.3 Å². The fourth-order valence-electron chi connectivity index (χ4n) is 1.62. The van der Waals surface area contributed by atoms with Crippen LogP contribution in [-0.2, 0) is 0 Å². The third-order valence-electron chi connectivity index (χ3n) is 3.00. The van der Waals surface area contributed by atoms with E-state index in [-0.39, 0.29) is 17.7 Å². The van der Waals surface area contributed by atoms with Crippen molar-refractivity contribution in [3.05, 3.63) is 29.8 Å². The van der Waals surface area contributed by atoms with Crippen LogP contribution >= 0.6 is 23.2 Å². The van der Waals surface area contributed by atoms with Gasteiger partial charge in [-0.05, 0) is 25.5 Å². The molecule has 0 atom stereocenters. The van der Waals surface area contributed by atoms with Crippen molar-refractivity contribution >= 4 is 29.1 Å². The van der Waals surface area contributed by atoms with Crippen molar-refractivity contribution in [2.24, 2.45) is 0 Å². The number of ether oxygens (including phenoxy) is 1. The molecule has 19 heavy (non-hydrogen) atoms. The van der Waals surface area contributed by atoms with E-state index in [1.54, 1.807) is 18.2 Å². The standard InChI is InChI=1S/C14H19Cl2NO2/c1-3-14(9-15,10-16)17-13(18)11-7-5-6-8-12(11)19-4-2/h5-8H,3-4,9-10H2,1-2H3,(H,17,18). The van der Waals surface area contributed by atoms with Crippen LogP contribution in [0.25, 0.3) is 0 Å². The van der Waals surface area contributed by atoms with Crippen LogP contribution in [0.3, 0.4) is 0 Å². The minimum absolute atomic E-state index is 0.216. The zero-order valence-electron chi connectivity index (χ0n) is 11.2. The SMILES string of the molecule is CCOc1ccccc1C(=O)NC(CC)(CCl)CCl. The van der Waals surface area contributed by atoms with E-state index in [0.29, 0.717) is 24.3 Å². The van der Waals surface area contributed by atoms with E-state index in [2.05, 4.69) is 5.32 Å². The van der Waals surface area contributed by atoms with Crippen LogP contribution in [0.15, 0.2) is 24.3 Å². The number of amides is 1. The second-order valence-electron chi connectivity index (χ2n) is 4.28. The molecule has 0 aliphatic rings. The lowest BCUT2D eigenvalue weighted by atomic mass is 10.0. The fraction of sp³-hybridized carbons (Fsp3) is 0.500. The summed E-state index contributed by atoms with van der Waals surface area (Å²) in [4.78, 5) is 12.3. The molecule has 0 unspecified atom stereocenters. The lowest BCUT2D eigenvalue weighted by Crippen LogP contribution is -2.51. The zero-order chi connectivity index (χ0) is 14.3. The maximum atomic E-state index is 12.3. The lowest BCUT2D eigenvalue weighted by molar-refractivity contribution is 0.0909. The molecule has 0 radical (unpaired) electrons. The molecule has 1 aromatic carbocycles. The third kappa shape index (κ3) is 4.02. The first-order valence-corrected chi connectivity index (χ1v) is 7.35. The summed E-state index contributed by atoms with van der Waals surface area (Å²) in [6.45, 7) is 4.33. The van der Waals surface area contributed by atoms with Gasteiger partial charge in [0, 0.05) is 11.8 Å². The molecule has 0 fully saturated rings. The second-order valence-corrected chi connectivity index (χ2v) is 4.82. The van der Waals surface area contributed by atoms with Crippen molar-refractivity contribution in [3.63, 3.8) is 0 Å². The van der Waals surface area contributed by atoms with Crippen molar-refractivity contribution < 1.29 is 9.53 Å². The predicted molar refractivity (Wildman–Crippen MR) is 79.5 cm³/mol. The average Bonchev–Trinajstić information content (AvgIpc) is 2.46. The Morgan fingerprint density at radius 2 is 1.89 bits per heavy atom. The minimum Gasteiger partial charge on any atom is -0.493 e. The number of alkyl halides is 2. The third-order valence-corrected chi connectivity index (χ3v) is 4.02. The van der Waals surface area contributed by atoms with E-state index in [9.17, 15) is 4.79 Å². The van der Waals surface area contributed by atoms with Gasteiger partial charge in [-0.15, -0.1) is 23.2 Å². The Morgan fingerprint density at radius 1 is 1.26 bits per heavy atom. The number of hydrogen-bond acceptors (Lipinski definition) is 2. The normalized spacial score (nSPS) is 11.2. The van der Waals surface area contributed by atoms with Crippen LogP contribution in [0.4, 0.5) is 0 Å². The number of carbonyl (C=O) groups is 1. The van der Waals surface area contributed by atoms with Gasteiger partial charge in [0.05, 0.1) is 17.7 Å². The van der Waals surface area contributed by atoms with Gasteiger partial charge in [0.1, 0.15) is 5.75 Å². The molecule has 106 valence electrons. The van der Waals surface area contributed by atoms with E-state index >= 15 is 0 Å². The molecule has 1 N–H and O–H groups in total. The quantitative estimate of drug-likeness (QED) is 0.784. The Bertz CT molecular complexity index is 411. The molecular formula is C14H19Cl2NO2. The number of benzene rings is 1. The number of halogens is 2. The molecule has 0 aliphatic carbocycles. The molecular weight excluding hydrogens is 285 g/mol. The Balaban J connectivity index is 2.94. The molecule has 0 aliphatic heterocycles. The summed E-state index contributed by atoms with van der Waals surface area (Å²) in [7, 11) is 0. The molecule has 1 aromatic rings. The second kappa shape index (κ2) is 7.61. The molecule has 0 heterocycles. The number of hydrogen-bond donors (Lipinski definition) is 1. The number of carbonyl (C=O) groups excluding carboxylic acids is 1. The van der Waals surface area contributed by atoms with E-state index in [4.69, 9.17) is 27.9 Å². The van der Waals surface area contributed by atoms with E-state index < -0.39 is 5.54 Å². The zero-order valence-corrected chi connectivity index (χ0v) is 12.7. The summed E-state index contributed by atoms with van der Waals surface area (Å²) in [6, 6.07) is 7.13. The van der Waals surface area contributed by atoms with Gasteiger partial charge in [0.25, 0.3) is 5.91 Å². The summed E-state index contributed by atoms with van der Waals surface area (Å²) in [6.07, 6.45) is 0.669. The van der Waals surface area contributed by atoms with Gasteiger partial charge in [-0.2, -0.15) is 0 Å². The van der Waals surface area contributed by atoms with Crippen LogP contribution < -0.4 is 10.1 Å². The van der Waals surface area contributed by atoms with E-state index in [1.165, 1.54) is 0 Å². The molecule has 3 nitrogen and oxygen atoms in total. The summed E-state index contributed by atoms with van der Waals surface area (Å²) < 4.78 is 5.45. The molecule has 1 rings (SSSR count). The maximum absolute atomic E-state index is 12.3. The van der Waals surface area contributed by atoms with Crippen LogP contribution in [-0.4, -0.2) is 29.8 Å². The molecule has 0 saturated carbocycles. The molecule has 0 aromatic heterocycles. The lowest BCUT2D eigenvalue weighted by Gasteiger charge is -2.29. The summed E-state index contributed by atoms with van der Waals surface area (Å²) in [5.41, 5.74) is -0.0862. The summed E-state index contributed by atoms with van der Waals surface area (Å²) in [5, 5.41) is 2.91. The van der Waals surface area contributed by atoms with Crippen LogP contribution in [0.5, 0.6) is 5.75 Å². The fourth-order valence-corrected chi connectivity index (χ4v) is 2.42. The van der Waals surface area contributed by atoms with Crippen molar-refractivity contribution in [1.82, 2.24) is 5.32 Å². The molecule has 1 amide bonds. The van der Waals surface area contributed by atoms with E-state index in [1.807, 2.05) is 19.9 Å². The molecule has 5 heteroatoms. The maximum Gasteiger partial charge on any atom is 0.255 e. The highest BCUT2D eigenvalue weighted by Gasteiger charge is 2.29. The smallest absolute Gasteiger partial charge is 0.255 e. The Kier molecular flexibility index (Phi) is 6.46. The van der Waals surface area contributed by atoms with Crippen molar-refractivity contribution in [3.8, 4) is 5.75 Å². The number of rotatable bonds is 7. The Morgan fingerprint density at radius 3 is 2.42 bits per heavy atom. The first kappa shape index (κ1) is 16.1. The molecule has 0 spiro atoms. The highest BCUT2D eigenvalue weighted by Crippen LogP contribution is 2.21. The summed E-state index contributed by atoms with van der Waals surface area (Å²) in [5.74, 6) is 0.897. The van der Waals surface area contributed by atoms with Crippen LogP contribution in [0.1, 0.15) is 30.6 Å². The van der Waals surface area contributed by atoms with Crippen LogP contribution in [0.2, 0.25) is 0 Å². The summed E-state index contributed by atoms with van der Waals surface area (Å²) >= 11 is 11.9. The first-order chi connectivity index (χ1) is 9.12. The highest BCUT2D eigenvalue weighted by molar-refractivity contribution is 6.22. The number of para-hydroxylation sites is 1. The Labute approximate surface area is 124 Å². The largest absolute Gasteiger partial charge is 0.493 e. The average molecular weight is 304 g/mol. The van der Waals surface area contributed by atoms with Crippen molar-refractivity contribution in [2.75, 3.05) is 18.4 Å². The van der Waals surface area contributed by atoms with Gasteiger partial charge in [-0.25, -0.2) is 0 Å². The number of nitrogens with one attached hydrogen (secondary N) is 1. The van der Waals surface area contributed by atoms with E-state index in [0.717, 1.165) is 0 Å². The Hall–Kier alpha value is -0.930. The van der Waals surface area contributed by atoms with Gasteiger partial charge in [0.15, 0.2) is 0 Å². The highest BCUT2D eigenvalue weighted by atomic mass is 35.5. The van der Waals surface area contributed by atoms with Gasteiger partial charge in [-0.3, -0.25) is 4.79 Å². The first-order valence-electron chi connectivity index (χ1n) is 6.28. The predicted octanol–water partition coefficient (Wildman–Crippen LogP) is 3.44. The van der Waals surface area contributed by atoms with Crippen LogP contribution in [0, 0.1) is 0 Å². The van der Waals surface area contributed by atoms with Crippen molar-refractivity contribution in [1.29, 1.82) is 0 Å². The van der Waals surface area contributed by atoms with Gasteiger partial charge in [-0.1, -0.05) is 19.1 Å². The molecule has 0 saturated heterocycles. The van der Waals surface area contributed by atoms with Crippen molar-refractivity contribution in [2.45, 2.75) is 25.8 Å². The van der Waals surface area contributed by atoms with Gasteiger partial charge >= 0.3 is 0 Å². The molecule has 0 bridgehead atoms. The van der Waals surface area contributed by atoms with Gasteiger partial charge < -0.3 is 10.1 Å².